The summed E-state index contributed by atoms with van der Waals surface area (Å²) in [4.78, 5) is 13.3. The van der Waals surface area contributed by atoms with E-state index in [1.807, 2.05) is 62.4 Å². The third-order valence-corrected chi connectivity index (χ3v) is 4.06. The fraction of sp³-hybridized carbons (Fsp3) is 0.350. The molecule has 0 aliphatic heterocycles. The molecule has 0 spiro atoms. The predicted molar refractivity (Wildman–Crippen MR) is 90.4 cm³/mol. The summed E-state index contributed by atoms with van der Waals surface area (Å²) >= 11 is 0. The van der Waals surface area contributed by atoms with E-state index < -0.39 is 5.79 Å². The van der Waals surface area contributed by atoms with E-state index in [2.05, 4.69) is 0 Å². The van der Waals surface area contributed by atoms with Crippen molar-refractivity contribution < 1.29 is 14.3 Å². The van der Waals surface area contributed by atoms with Gasteiger partial charge in [-0.1, -0.05) is 62.4 Å². The molecule has 3 nitrogen and oxygen atoms in total. The molecule has 1 aliphatic carbocycles. The van der Waals surface area contributed by atoms with Crippen LogP contribution in [0.3, 0.4) is 0 Å². The molecule has 0 unspecified atom stereocenters. The SMILES string of the molecule is CCCOC1(OCCC)C(=O)c2ccccc2-c2ccccc21. The van der Waals surface area contributed by atoms with Crippen LogP contribution in [0.4, 0.5) is 0 Å². The first-order chi connectivity index (χ1) is 11.2. The van der Waals surface area contributed by atoms with E-state index in [4.69, 9.17) is 9.47 Å². The van der Waals surface area contributed by atoms with Crippen molar-refractivity contribution in [3.63, 3.8) is 0 Å². The summed E-state index contributed by atoms with van der Waals surface area (Å²) in [6.07, 6.45) is 1.66. The van der Waals surface area contributed by atoms with Crippen LogP contribution in [0.25, 0.3) is 11.1 Å². The van der Waals surface area contributed by atoms with Crippen molar-refractivity contribution in [3.05, 3.63) is 59.7 Å². The molecule has 0 heterocycles. The number of ether oxygens (including phenoxy) is 2. The van der Waals surface area contributed by atoms with E-state index in [-0.39, 0.29) is 5.78 Å². The number of benzene rings is 2. The van der Waals surface area contributed by atoms with Crippen molar-refractivity contribution in [2.24, 2.45) is 0 Å². The molecule has 0 aromatic heterocycles. The van der Waals surface area contributed by atoms with Gasteiger partial charge in [0.05, 0.1) is 13.2 Å². The molecule has 0 bridgehead atoms. The molecule has 3 rings (SSSR count). The first-order valence-electron chi connectivity index (χ1n) is 8.26. The molecule has 0 N–H and O–H groups in total. The van der Waals surface area contributed by atoms with Crippen molar-refractivity contribution in [1.82, 2.24) is 0 Å². The average molecular weight is 310 g/mol. The van der Waals surface area contributed by atoms with Gasteiger partial charge in [0.1, 0.15) is 0 Å². The Kier molecular flexibility index (Phi) is 4.60. The minimum absolute atomic E-state index is 0.103. The predicted octanol–water partition coefficient (Wildman–Crippen LogP) is 4.56. The van der Waals surface area contributed by atoms with Crippen LogP contribution >= 0.6 is 0 Å². The van der Waals surface area contributed by atoms with Crippen LogP contribution in [-0.4, -0.2) is 19.0 Å². The molecule has 0 radical (unpaired) electrons. The van der Waals surface area contributed by atoms with E-state index in [0.29, 0.717) is 18.8 Å². The monoisotopic (exact) mass is 310 g/mol. The zero-order valence-corrected chi connectivity index (χ0v) is 13.7. The van der Waals surface area contributed by atoms with Gasteiger partial charge in [0, 0.05) is 11.1 Å². The second-order valence-corrected chi connectivity index (χ2v) is 5.73. The number of hydrogen-bond acceptors (Lipinski definition) is 3. The fourth-order valence-electron chi connectivity index (χ4n) is 3.04. The number of hydrogen-bond donors (Lipinski definition) is 0. The topological polar surface area (TPSA) is 35.5 Å². The Labute approximate surface area is 137 Å². The lowest BCUT2D eigenvalue weighted by molar-refractivity contribution is -0.210. The first-order valence-corrected chi connectivity index (χ1v) is 8.26. The molecule has 1 aliphatic rings. The molecule has 2 aromatic rings. The van der Waals surface area contributed by atoms with E-state index in [1.54, 1.807) is 0 Å². The lowest BCUT2D eigenvalue weighted by Crippen LogP contribution is -2.45. The highest BCUT2D eigenvalue weighted by molar-refractivity contribution is 6.11. The van der Waals surface area contributed by atoms with Gasteiger partial charge >= 0.3 is 0 Å². The number of Topliss-reactive ketones (excluding diaryl/α,β-unsaturated/α-hetero) is 1. The Morgan fingerprint density at radius 3 is 1.91 bits per heavy atom. The minimum atomic E-state index is -1.32. The molecule has 0 saturated carbocycles. The van der Waals surface area contributed by atoms with Gasteiger partial charge in [-0.2, -0.15) is 0 Å². The van der Waals surface area contributed by atoms with Gasteiger partial charge < -0.3 is 9.47 Å². The van der Waals surface area contributed by atoms with Crippen LogP contribution in [0.2, 0.25) is 0 Å². The second-order valence-electron chi connectivity index (χ2n) is 5.73. The van der Waals surface area contributed by atoms with Gasteiger partial charge in [0.15, 0.2) is 0 Å². The third-order valence-electron chi connectivity index (χ3n) is 4.06. The fourth-order valence-corrected chi connectivity index (χ4v) is 3.04. The van der Waals surface area contributed by atoms with Gasteiger partial charge in [-0.05, 0) is 24.0 Å². The van der Waals surface area contributed by atoms with Gasteiger partial charge in [-0.3, -0.25) is 4.79 Å². The summed E-state index contributed by atoms with van der Waals surface area (Å²) in [6, 6.07) is 15.6. The maximum absolute atomic E-state index is 13.3. The third kappa shape index (κ3) is 2.60. The minimum Gasteiger partial charge on any atom is -0.340 e. The lowest BCUT2D eigenvalue weighted by Gasteiger charge is -2.37. The molecular weight excluding hydrogens is 288 g/mol. The highest BCUT2D eigenvalue weighted by Gasteiger charge is 2.48. The number of fused-ring (bicyclic) bond motifs is 3. The van der Waals surface area contributed by atoms with Crippen LogP contribution in [0.15, 0.2) is 48.5 Å². The Morgan fingerprint density at radius 1 is 0.783 bits per heavy atom. The second kappa shape index (κ2) is 6.65. The van der Waals surface area contributed by atoms with Gasteiger partial charge in [-0.15, -0.1) is 0 Å². The van der Waals surface area contributed by atoms with Crippen LogP contribution in [0, 0.1) is 0 Å². The van der Waals surface area contributed by atoms with Crippen molar-refractivity contribution in [2.45, 2.75) is 32.5 Å². The normalized spacial score (nSPS) is 15.1. The standard InChI is InChI=1S/C20H22O3/c1-3-13-22-20(23-14-4-2)18-12-8-7-10-16(18)15-9-5-6-11-17(15)19(20)21/h5-12H,3-4,13-14H2,1-2H3. The van der Waals surface area contributed by atoms with Crippen molar-refractivity contribution in [3.8, 4) is 11.1 Å². The molecule has 0 saturated heterocycles. The Balaban J connectivity index is 2.21. The van der Waals surface area contributed by atoms with Gasteiger partial charge in [-0.25, -0.2) is 0 Å². The number of carbonyl (C=O) groups excluding carboxylic acids is 1. The summed E-state index contributed by atoms with van der Waals surface area (Å²) < 4.78 is 12.1. The van der Waals surface area contributed by atoms with Crippen LogP contribution in [0.1, 0.15) is 42.6 Å². The molecule has 0 atom stereocenters. The van der Waals surface area contributed by atoms with Crippen molar-refractivity contribution >= 4 is 5.78 Å². The van der Waals surface area contributed by atoms with E-state index in [1.165, 1.54) is 0 Å². The quantitative estimate of drug-likeness (QED) is 0.734. The van der Waals surface area contributed by atoms with Crippen molar-refractivity contribution in [1.29, 1.82) is 0 Å². The molecular formula is C20H22O3. The summed E-state index contributed by atoms with van der Waals surface area (Å²) in [6.45, 7) is 5.01. The van der Waals surface area contributed by atoms with Crippen LogP contribution < -0.4 is 0 Å². The molecule has 120 valence electrons. The van der Waals surface area contributed by atoms with E-state index in [9.17, 15) is 4.79 Å². The summed E-state index contributed by atoms with van der Waals surface area (Å²) in [7, 11) is 0. The molecule has 2 aromatic carbocycles. The molecule has 23 heavy (non-hydrogen) atoms. The van der Waals surface area contributed by atoms with Crippen LogP contribution in [-0.2, 0) is 15.3 Å². The van der Waals surface area contributed by atoms with E-state index >= 15 is 0 Å². The maximum atomic E-state index is 13.3. The number of ketones is 1. The van der Waals surface area contributed by atoms with Gasteiger partial charge in [0.2, 0.25) is 5.78 Å². The highest BCUT2D eigenvalue weighted by atomic mass is 16.7. The smallest absolute Gasteiger partial charge is 0.261 e. The van der Waals surface area contributed by atoms with Crippen molar-refractivity contribution in [2.75, 3.05) is 13.2 Å². The molecule has 0 fully saturated rings. The molecule has 0 amide bonds. The average Bonchev–Trinajstić information content (AvgIpc) is 2.61. The summed E-state index contributed by atoms with van der Waals surface area (Å²) in [5.41, 5.74) is 3.43. The zero-order chi connectivity index (χ0) is 16.3. The van der Waals surface area contributed by atoms with Gasteiger partial charge in [0.25, 0.3) is 5.79 Å². The van der Waals surface area contributed by atoms with Crippen LogP contribution in [0.5, 0.6) is 0 Å². The number of rotatable bonds is 6. The summed E-state index contributed by atoms with van der Waals surface area (Å²) in [5.74, 6) is -1.43. The lowest BCUT2D eigenvalue weighted by atomic mass is 9.80. The Bertz CT molecular complexity index is 698. The Hall–Kier alpha value is -1.97. The maximum Gasteiger partial charge on any atom is 0.261 e. The van der Waals surface area contributed by atoms with E-state index in [0.717, 1.165) is 29.5 Å². The highest BCUT2D eigenvalue weighted by Crippen LogP contribution is 2.44. The summed E-state index contributed by atoms with van der Waals surface area (Å²) in [5, 5.41) is 0. The Morgan fingerprint density at radius 2 is 1.30 bits per heavy atom. The molecule has 3 heteroatoms. The zero-order valence-electron chi connectivity index (χ0n) is 13.7. The number of carbonyl (C=O) groups is 1. The first kappa shape index (κ1) is 15.9. The largest absolute Gasteiger partial charge is 0.340 e.